The van der Waals surface area contributed by atoms with Gasteiger partial charge in [0.2, 0.25) is 5.52 Å². The Morgan fingerprint density at radius 2 is 1.79 bits per heavy atom. The van der Waals surface area contributed by atoms with E-state index >= 15 is 0 Å². The largest absolute Gasteiger partial charge is 0.335 e. The van der Waals surface area contributed by atoms with Crippen molar-refractivity contribution in [1.82, 2.24) is 0 Å². The third kappa shape index (κ3) is 4.42. The predicted octanol–water partition coefficient (Wildman–Crippen LogP) is 8.37. The molecule has 3 aromatic rings. The van der Waals surface area contributed by atoms with Gasteiger partial charge in [-0.2, -0.15) is 4.57 Å². The molecule has 0 amide bonds. The van der Waals surface area contributed by atoms with Crippen molar-refractivity contribution in [3.05, 3.63) is 93.5 Å². The number of rotatable bonds is 5. The molecule has 34 heavy (non-hydrogen) atoms. The van der Waals surface area contributed by atoms with Gasteiger partial charge in [-0.25, -0.2) is 0 Å². The monoisotopic (exact) mass is 485 g/mol. The summed E-state index contributed by atoms with van der Waals surface area (Å²) in [6, 6.07) is 17.4. The van der Waals surface area contributed by atoms with Crippen molar-refractivity contribution in [2.75, 3.05) is 11.4 Å². The van der Waals surface area contributed by atoms with Crippen LogP contribution in [0.15, 0.2) is 93.4 Å². The van der Waals surface area contributed by atoms with Crippen LogP contribution in [0.2, 0.25) is 0 Å². The van der Waals surface area contributed by atoms with Crippen LogP contribution in [-0.4, -0.2) is 6.54 Å². The van der Waals surface area contributed by atoms with Crippen LogP contribution in [0.3, 0.4) is 0 Å². The van der Waals surface area contributed by atoms with E-state index in [2.05, 4.69) is 110 Å². The number of hydrogen-bond donors (Lipinski definition) is 0. The lowest BCUT2D eigenvalue weighted by atomic mass is 9.81. The van der Waals surface area contributed by atoms with Crippen molar-refractivity contribution >= 4 is 45.1 Å². The molecule has 2 heterocycles. The third-order valence-electron chi connectivity index (χ3n) is 6.86. The Hall–Kier alpha value is -2.56. The zero-order chi connectivity index (χ0) is 23.7. The molecule has 4 heteroatoms. The molecular formula is C30H33N2S2+. The number of aryl methyl sites for hydroxylation is 1. The van der Waals surface area contributed by atoms with E-state index in [0.29, 0.717) is 5.92 Å². The first-order valence-electron chi connectivity index (χ1n) is 12.3. The molecular weight excluding hydrogens is 452 g/mol. The fourth-order valence-corrected chi connectivity index (χ4v) is 7.33. The molecule has 1 atom stereocenters. The zero-order valence-electron chi connectivity index (χ0n) is 20.5. The van der Waals surface area contributed by atoms with Gasteiger partial charge in [-0.1, -0.05) is 66.4 Å². The minimum Gasteiger partial charge on any atom is -0.335 e. The number of allylic oxidation sites excluding steroid dienone is 6. The summed E-state index contributed by atoms with van der Waals surface area (Å²) in [6.07, 6.45) is 11.7. The van der Waals surface area contributed by atoms with Gasteiger partial charge >= 0.3 is 0 Å². The van der Waals surface area contributed by atoms with Crippen molar-refractivity contribution in [3.8, 4) is 0 Å². The average molecular weight is 486 g/mol. The molecule has 174 valence electrons. The summed E-state index contributed by atoms with van der Waals surface area (Å²) in [5, 5.41) is 2.65. The summed E-state index contributed by atoms with van der Waals surface area (Å²) >= 11 is 3.77. The van der Waals surface area contributed by atoms with E-state index in [1.165, 1.54) is 47.6 Å². The number of aromatic nitrogens is 1. The smallest absolute Gasteiger partial charge is 0.262 e. The van der Waals surface area contributed by atoms with Gasteiger partial charge in [0.15, 0.2) is 0 Å². The first kappa shape index (κ1) is 23.2. The molecule has 5 rings (SSSR count). The molecule has 0 bridgehead atoms. The Morgan fingerprint density at radius 3 is 2.62 bits per heavy atom. The zero-order valence-corrected chi connectivity index (χ0v) is 22.2. The highest BCUT2D eigenvalue weighted by molar-refractivity contribution is 8.03. The van der Waals surface area contributed by atoms with Crippen LogP contribution in [0.5, 0.6) is 0 Å². The fourth-order valence-electron chi connectivity index (χ4n) is 5.07. The summed E-state index contributed by atoms with van der Waals surface area (Å²) in [5.41, 5.74) is 7.05. The Balaban J connectivity index is 1.45. The van der Waals surface area contributed by atoms with E-state index in [9.17, 15) is 0 Å². The van der Waals surface area contributed by atoms with Crippen molar-refractivity contribution in [2.45, 2.75) is 52.0 Å². The van der Waals surface area contributed by atoms with E-state index in [-0.39, 0.29) is 0 Å². The first-order valence-corrected chi connectivity index (χ1v) is 14.0. The van der Waals surface area contributed by atoms with Crippen molar-refractivity contribution in [3.63, 3.8) is 0 Å². The van der Waals surface area contributed by atoms with E-state index in [4.69, 9.17) is 0 Å². The average Bonchev–Trinajstić information content (AvgIpc) is 3.40. The number of nitrogens with zero attached hydrogens (tertiary/aromatic N) is 2. The maximum Gasteiger partial charge on any atom is 0.262 e. The standard InChI is InChI=1S/C30H33N2S2/c1-5-31-25-11-7-9-13-27(25)33-29(31)17-15-23-19-21(3)20-24(22(23)4)16-18-30-32(6-2)26-12-8-10-14-28(26)34-30/h7-18,21H,5-6,19-20H2,1-4H3/q+1. The highest BCUT2D eigenvalue weighted by atomic mass is 32.2. The second kappa shape index (κ2) is 9.97. The van der Waals surface area contributed by atoms with Gasteiger partial charge in [0.25, 0.3) is 5.01 Å². The molecule has 0 radical (unpaired) electrons. The van der Waals surface area contributed by atoms with E-state index in [1.54, 1.807) is 0 Å². The number of para-hydroxylation sites is 2. The summed E-state index contributed by atoms with van der Waals surface area (Å²) in [5.74, 6) is 0.657. The summed E-state index contributed by atoms with van der Waals surface area (Å²) in [6.45, 7) is 11.1. The van der Waals surface area contributed by atoms with E-state index < -0.39 is 0 Å². The van der Waals surface area contributed by atoms with Crippen LogP contribution in [0.1, 0.15) is 45.5 Å². The van der Waals surface area contributed by atoms with Gasteiger partial charge in [-0.05, 0) is 80.5 Å². The van der Waals surface area contributed by atoms with Gasteiger partial charge < -0.3 is 4.90 Å². The SMILES string of the molecule is CCN1C(=CC=C2CC(C)CC(C=Cc3sc4ccccc4[n+]3CC)=C2C)Sc2ccccc21. The van der Waals surface area contributed by atoms with Gasteiger partial charge in [0, 0.05) is 23.6 Å². The lowest BCUT2D eigenvalue weighted by molar-refractivity contribution is -0.665. The molecule has 0 saturated heterocycles. The van der Waals surface area contributed by atoms with Gasteiger partial charge in [-0.15, -0.1) is 0 Å². The van der Waals surface area contributed by atoms with Gasteiger partial charge in [0.1, 0.15) is 11.2 Å². The number of thiazole rings is 1. The molecule has 0 N–H and O–H groups in total. The number of fused-ring (bicyclic) bond motifs is 2. The van der Waals surface area contributed by atoms with Crippen molar-refractivity contribution in [2.24, 2.45) is 5.92 Å². The Bertz CT molecular complexity index is 1340. The highest BCUT2D eigenvalue weighted by Crippen LogP contribution is 2.45. The number of hydrogen-bond acceptors (Lipinski definition) is 3. The van der Waals surface area contributed by atoms with Crippen LogP contribution in [0.4, 0.5) is 5.69 Å². The minimum atomic E-state index is 0.657. The minimum absolute atomic E-state index is 0.657. The molecule has 1 aliphatic heterocycles. The van der Waals surface area contributed by atoms with E-state index in [0.717, 1.165) is 25.9 Å². The maximum atomic E-state index is 2.42. The van der Waals surface area contributed by atoms with E-state index in [1.807, 2.05) is 23.1 Å². The maximum absolute atomic E-state index is 2.42. The molecule has 1 aliphatic carbocycles. The predicted molar refractivity (Wildman–Crippen MR) is 149 cm³/mol. The topological polar surface area (TPSA) is 7.12 Å². The lowest BCUT2D eigenvalue weighted by Crippen LogP contribution is -2.33. The summed E-state index contributed by atoms with van der Waals surface area (Å²) in [4.78, 5) is 3.78. The van der Waals surface area contributed by atoms with Crippen LogP contribution in [0, 0.1) is 5.92 Å². The number of thioether (sulfide) groups is 1. The first-order chi connectivity index (χ1) is 16.6. The fraction of sp³-hybridized carbons (Fsp3) is 0.300. The van der Waals surface area contributed by atoms with Crippen molar-refractivity contribution < 1.29 is 4.57 Å². The lowest BCUT2D eigenvalue weighted by Gasteiger charge is -2.24. The van der Waals surface area contributed by atoms with Crippen molar-refractivity contribution in [1.29, 1.82) is 0 Å². The Labute approximate surface area is 212 Å². The molecule has 2 nitrogen and oxygen atoms in total. The van der Waals surface area contributed by atoms with Gasteiger partial charge in [0.05, 0.1) is 10.7 Å². The molecule has 2 aromatic carbocycles. The molecule has 0 spiro atoms. The molecule has 2 aliphatic rings. The number of anilines is 1. The molecule has 0 fully saturated rings. The normalized spacial score (nSPS) is 20.9. The highest BCUT2D eigenvalue weighted by Gasteiger charge is 2.24. The van der Waals surface area contributed by atoms with Crippen LogP contribution in [-0.2, 0) is 6.54 Å². The van der Waals surface area contributed by atoms with Crippen LogP contribution in [0.25, 0.3) is 16.3 Å². The second-order valence-electron chi connectivity index (χ2n) is 9.16. The molecule has 1 aromatic heterocycles. The Kier molecular flexibility index (Phi) is 6.80. The van der Waals surface area contributed by atoms with Gasteiger partial charge in [-0.3, -0.25) is 0 Å². The second-order valence-corrected chi connectivity index (χ2v) is 11.3. The van der Waals surface area contributed by atoms with Crippen LogP contribution >= 0.6 is 23.1 Å². The van der Waals surface area contributed by atoms with Crippen LogP contribution < -0.4 is 9.47 Å². The molecule has 1 unspecified atom stereocenters. The summed E-state index contributed by atoms with van der Waals surface area (Å²) < 4.78 is 3.78. The quantitative estimate of drug-likeness (QED) is 0.335. The Morgan fingerprint density at radius 1 is 1.00 bits per heavy atom. The third-order valence-corrected chi connectivity index (χ3v) is 9.12. The molecule has 0 saturated carbocycles. The number of benzene rings is 2. The summed E-state index contributed by atoms with van der Waals surface area (Å²) in [7, 11) is 0.